The number of hydrogen-bond acceptors (Lipinski definition) is 3. The van der Waals surface area contributed by atoms with Crippen LogP contribution in [0.5, 0.6) is 0 Å². The van der Waals surface area contributed by atoms with Crippen LogP contribution < -0.4 is 5.32 Å². The summed E-state index contributed by atoms with van der Waals surface area (Å²) in [5.74, 6) is 1.02. The Morgan fingerprint density at radius 3 is 3.06 bits per heavy atom. The van der Waals surface area contributed by atoms with E-state index in [1.165, 1.54) is 6.42 Å². The van der Waals surface area contributed by atoms with Crippen LogP contribution in [0, 0.1) is 0 Å². The van der Waals surface area contributed by atoms with Gasteiger partial charge in [0.1, 0.15) is 22.8 Å². The third-order valence-electron chi connectivity index (χ3n) is 3.00. The SMILES string of the molecule is CNCC(O)c1nc2n(c1Cl)CCCCC2. The summed E-state index contributed by atoms with van der Waals surface area (Å²) in [6.45, 7) is 1.41. The first-order chi connectivity index (χ1) is 7.74. The van der Waals surface area contributed by atoms with Crippen LogP contribution in [0.3, 0.4) is 0 Å². The second-order valence-corrected chi connectivity index (χ2v) is 4.60. The van der Waals surface area contributed by atoms with Gasteiger partial charge in [-0.15, -0.1) is 0 Å². The topological polar surface area (TPSA) is 50.1 Å². The summed E-state index contributed by atoms with van der Waals surface area (Å²) in [5, 5.41) is 13.4. The summed E-state index contributed by atoms with van der Waals surface area (Å²) in [6, 6.07) is 0. The summed E-state index contributed by atoms with van der Waals surface area (Å²) in [7, 11) is 1.80. The third-order valence-corrected chi connectivity index (χ3v) is 3.40. The van der Waals surface area contributed by atoms with Crippen molar-refractivity contribution in [3.63, 3.8) is 0 Å². The van der Waals surface area contributed by atoms with Crippen molar-refractivity contribution in [2.45, 2.75) is 38.3 Å². The molecular formula is C11H18ClN3O. The van der Waals surface area contributed by atoms with Gasteiger partial charge in [0.15, 0.2) is 0 Å². The predicted molar refractivity (Wildman–Crippen MR) is 63.7 cm³/mol. The molecule has 4 nitrogen and oxygen atoms in total. The summed E-state index contributed by atoms with van der Waals surface area (Å²) in [6.07, 6.45) is 3.89. The molecule has 1 aromatic rings. The van der Waals surface area contributed by atoms with Crippen LogP contribution in [0.1, 0.15) is 36.9 Å². The van der Waals surface area contributed by atoms with Gasteiger partial charge < -0.3 is 15.0 Å². The van der Waals surface area contributed by atoms with E-state index in [9.17, 15) is 5.11 Å². The number of aliphatic hydroxyl groups excluding tert-OH is 1. The number of imidazole rings is 1. The van der Waals surface area contributed by atoms with Crippen molar-refractivity contribution in [1.29, 1.82) is 0 Å². The van der Waals surface area contributed by atoms with E-state index in [4.69, 9.17) is 11.6 Å². The lowest BCUT2D eigenvalue weighted by atomic mass is 10.2. The summed E-state index contributed by atoms with van der Waals surface area (Å²) in [5.41, 5.74) is 0.618. The molecule has 16 heavy (non-hydrogen) atoms. The van der Waals surface area contributed by atoms with E-state index in [-0.39, 0.29) is 0 Å². The summed E-state index contributed by atoms with van der Waals surface area (Å²) >= 11 is 6.26. The van der Waals surface area contributed by atoms with Gasteiger partial charge in [0.25, 0.3) is 0 Å². The van der Waals surface area contributed by atoms with Gasteiger partial charge in [0.2, 0.25) is 0 Å². The van der Waals surface area contributed by atoms with Crippen LogP contribution in [-0.4, -0.2) is 28.3 Å². The molecule has 0 spiro atoms. The van der Waals surface area contributed by atoms with E-state index >= 15 is 0 Å². The highest BCUT2D eigenvalue weighted by molar-refractivity contribution is 6.30. The van der Waals surface area contributed by atoms with Crippen molar-refractivity contribution >= 4 is 11.6 Å². The van der Waals surface area contributed by atoms with Gasteiger partial charge in [-0.05, 0) is 19.9 Å². The molecule has 0 saturated carbocycles. The Morgan fingerprint density at radius 2 is 2.31 bits per heavy atom. The monoisotopic (exact) mass is 243 g/mol. The Labute approximate surface area is 101 Å². The fourth-order valence-electron chi connectivity index (χ4n) is 2.15. The van der Waals surface area contributed by atoms with Gasteiger partial charge in [-0.2, -0.15) is 0 Å². The fraction of sp³-hybridized carbons (Fsp3) is 0.727. The number of nitrogens with one attached hydrogen (secondary N) is 1. The van der Waals surface area contributed by atoms with Crippen LogP contribution in [-0.2, 0) is 13.0 Å². The van der Waals surface area contributed by atoms with Crippen molar-refractivity contribution in [3.8, 4) is 0 Å². The lowest BCUT2D eigenvalue weighted by Gasteiger charge is -2.08. The maximum absolute atomic E-state index is 9.90. The number of rotatable bonds is 3. The van der Waals surface area contributed by atoms with Crippen molar-refractivity contribution in [2.75, 3.05) is 13.6 Å². The molecular weight excluding hydrogens is 226 g/mol. The summed E-state index contributed by atoms with van der Waals surface area (Å²) in [4.78, 5) is 4.47. The molecule has 1 aromatic heterocycles. The van der Waals surface area contributed by atoms with Crippen LogP contribution >= 0.6 is 11.6 Å². The van der Waals surface area contributed by atoms with Crippen molar-refractivity contribution in [1.82, 2.24) is 14.9 Å². The molecule has 0 fully saturated rings. The van der Waals surface area contributed by atoms with Crippen molar-refractivity contribution in [2.24, 2.45) is 0 Å². The molecule has 0 amide bonds. The number of hydrogen-bond donors (Lipinski definition) is 2. The van der Waals surface area contributed by atoms with E-state index in [0.717, 1.165) is 31.6 Å². The number of aliphatic hydroxyl groups is 1. The zero-order valence-corrected chi connectivity index (χ0v) is 10.3. The molecule has 0 bridgehead atoms. The number of aromatic nitrogens is 2. The van der Waals surface area contributed by atoms with Gasteiger partial charge in [-0.1, -0.05) is 18.0 Å². The predicted octanol–water partition coefficient (Wildman–Crippen LogP) is 1.52. The van der Waals surface area contributed by atoms with E-state index in [1.807, 2.05) is 4.57 Å². The van der Waals surface area contributed by atoms with E-state index in [1.54, 1.807) is 7.05 Å². The second kappa shape index (κ2) is 5.17. The minimum absolute atomic E-state index is 0.482. The largest absolute Gasteiger partial charge is 0.385 e. The Balaban J connectivity index is 2.27. The van der Waals surface area contributed by atoms with Crippen LogP contribution in [0.4, 0.5) is 0 Å². The maximum Gasteiger partial charge on any atom is 0.134 e. The number of aryl methyl sites for hydroxylation is 1. The minimum atomic E-state index is -0.614. The van der Waals surface area contributed by atoms with Gasteiger partial charge in [-0.3, -0.25) is 0 Å². The molecule has 2 N–H and O–H groups in total. The van der Waals surface area contributed by atoms with Gasteiger partial charge >= 0.3 is 0 Å². The highest BCUT2D eigenvalue weighted by Crippen LogP contribution is 2.27. The number of fused-ring (bicyclic) bond motifs is 1. The Hall–Kier alpha value is -0.580. The smallest absolute Gasteiger partial charge is 0.134 e. The van der Waals surface area contributed by atoms with E-state index < -0.39 is 6.10 Å². The molecule has 5 heteroatoms. The van der Waals surface area contributed by atoms with E-state index in [2.05, 4.69) is 10.3 Å². The van der Waals surface area contributed by atoms with E-state index in [0.29, 0.717) is 17.4 Å². The quantitative estimate of drug-likeness (QED) is 0.846. The molecule has 1 unspecified atom stereocenters. The Morgan fingerprint density at radius 1 is 1.50 bits per heavy atom. The Bertz CT molecular complexity index is 364. The standard InChI is InChI=1S/C11H18ClN3O/c1-13-7-8(16)10-11(12)15-6-4-2-3-5-9(15)14-10/h8,13,16H,2-7H2,1H3. The average Bonchev–Trinajstić information content (AvgIpc) is 2.47. The van der Waals surface area contributed by atoms with Gasteiger partial charge in [-0.25, -0.2) is 4.98 Å². The van der Waals surface area contributed by atoms with Crippen molar-refractivity contribution < 1.29 is 5.11 Å². The molecule has 0 aliphatic carbocycles. The molecule has 0 radical (unpaired) electrons. The van der Waals surface area contributed by atoms with Crippen LogP contribution in [0.25, 0.3) is 0 Å². The Kier molecular flexibility index (Phi) is 3.84. The first-order valence-corrected chi connectivity index (χ1v) is 6.19. The third kappa shape index (κ3) is 2.24. The molecule has 1 aliphatic heterocycles. The highest BCUT2D eigenvalue weighted by atomic mass is 35.5. The zero-order chi connectivity index (χ0) is 11.5. The van der Waals surface area contributed by atoms with Crippen molar-refractivity contribution in [3.05, 3.63) is 16.7 Å². The number of likely N-dealkylation sites (N-methyl/N-ethyl adjacent to an activating group) is 1. The molecule has 0 saturated heterocycles. The molecule has 2 heterocycles. The molecule has 0 aromatic carbocycles. The zero-order valence-electron chi connectivity index (χ0n) is 9.54. The normalized spacial score (nSPS) is 17.9. The fourth-order valence-corrected chi connectivity index (χ4v) is 2.50. The molecule has 1 atom stereocenters. The highest BCUT2D eigenvalue weighted by Gasteiger charge is 2.21. The lowest BCUT2D eigenvalue weighted by Crippen LogP contribution is -2.17. The molecule has 2 rings (SSSR count). The first-order valence-electron chi connectivity index (χ1n) is 5.81. The lowest BCUT2D eigenvalue weighted by molar-refractivity contribution is 0.173. The number of halogens is 1. The maximum atomic E-state index is 9.90. The summed E-state index contributed by atoms with van der Waals surface area (Å²) < 4.78 is 2.04. The second-order valence-electron chi connectivity index (χ2n) is 4.24. The van der Waals surface area contributed by atoms with Gasteiger partial charge in [0, 0.05) is 19.5 Å². The molecule has 90 valence electrons. The van der Waals surface area contributed by atoms with Gasteiger partial charge in [0.05, 0.1) is 0 Å². The van der Waals surface area contributed by atoms with Crippen LogP contribution in [0.15, 0.2) is 0 Å². The van der Waals surface area contributed by atoms with Crippen LogP contribution in [0.2, 0.25) is 5.15 Å². The average molecular weight is 244 g/mol. The number of nitrogens with zero attached hydrogens (tertiary/aromatic N) is 2. The minimum Gasteiger partial charge on any atom is -0.385 e. The first kappa shape index (κ1) is 11.9. The molecule has 1 aliphatic rings.